The molecule has 0 unspecified atom stereocenters. The first-order valence-corrected chi connectivity index (χ1v) is 6.25. The molecule has 0 aliphatic carbocycles. The van der Waals surface area contributed by atoms with Crippen LogP contribution in [0.4, 0.5) is 0 Å². The number of rotatable bonds is 0. The lowest BCUT2D eigenvalue weighted by Gasteiger charge is -2.36. The molecule has 1 saturated heterocycles. The number of nitrogens with one attached hydrogen (secondary N) is 1. The summed E-state index contributed by atoms with van der Waals surface area (Å²) in [5.41, 5.74) is 2.94. The lowest BCUT2D eigenvalue weighted by atomic mass is 9.84. The number of carbonyl (C=O) groups excluding carboxylic acids is 1. The molecule has 0 radical (unpaired) electrons. The SMILES string of the molecule is Cc1cc(Cl)c2c(c1)[C@H]1CNC[C@@H]1N(C)C2=O.Cl. The van der Waals surface area contributed by atoms with Gasteiger partial charge in [-0.05, 0) is 24.1 Å². The molecule has 0 bridgehead atoms. The lowest BCUT2D eigenvalue weighted by molar-refractivity contribution is 0.0706. The molecule has 18 heavy (non-hydrogen) atoms. The first-order chi connectivity index (χ1) is 8.09. The third-order valence-electron chi connectivity index (χ3n) is 3.88. The lowest BCUT2D eigenvalue weighted by Crippen LogP contribution is -2.45. The standard InChI is InChI=1S/C13H15ClN2O.ClH/c1-7-3-8-9-5-15-6-11(9)16(2)13(17)12(8)10(14)4-7;/h3-4,9,11,15H,5-6H2,1-2H3;1H/t9-,11+;/m1./s1. The predicted octanol–water partition coefficient (Wildman–Crippen LogP) is 2.21. The molecule has 2 atom stereocenters. The van der Waals surface area contributed by atoms with Gasteiger partial charge >= 0.3 is 0 Å². The fourth-order valence-electron chi connectivity index (χ4n) is 3.00. The molecule has 5 heteroatoms. The first-order valence-electron chi connectivity index (χ1n) is 5.87. The summed E-state index contributed by atoms with van der Waals surface area (Å²) in [6.07, 6.45) is 0. The van der Waals surface area contributed by atoms with Crippen LogP contribution in [0.25, 0.3) is 0 Å². The quantitative estimate of drug-likeness (QED) is 0.793. The maximum atomic E-state index is 12.3. The first kappa shape index (κ1) is 13.7. The maximum Gasteiger partial charge on any atom is 0.255 e. The Kier molecular flexibility index (Phi) is 3.58. The summed E-state index contributed by atoms with van der Waals surface area (Å²) in [4.78, 5) is 14.1. The molecular formula is C13H16Cl2N2O. The van der Waals surface area contributed by atoms with E-state index in [1.165, 1.54) is 0 Å². The number of hydrogen-bond acceptors (Lipinski definition) is 2. The normalized spacial score (nSPS) is 25.5. The van der Waals surface area contributed by atoms with Crippen molar-refractivity contribution in [2.45, 2.75) is 18.9 Å². The Morgan fingerprint density at radius 2 is 2.11 bits per heavy atom. The Morgan fingerprint density at radius 3 is 2.83 bits per heavy atom. The van der Waals surface area contributed by atoms with Gasteiger partial charge in [0.1, 0.15) is 0 Å². The highest BCUT2D eigenvalue weighted by Crippen LogP contribution is 2.38. The number of aryl methyl sites for hydroxylation is 1. The van der Waals surface area contributed by atoms with Crippen LogP contribution in [-0.2, 0) is 0 Å². The minimum absolute atomic E-state index is 0. The van der Waals surface area contributed by atoms with Crippen LogP contribution in [0.3, 0.4) is 0 Å². The zero-order chi connectivity index (χ0) is 12.2. The van der Waals surface area contributed by atoms with Crippen molar-refractivity contribution in [2.24, 2.45) is 0 Å². The highest BCUT2D eigenvalue weighted by Gasteiger charge is 2.41. The summed E-state index contributed by atoms with van der Waals surface area (Å²) in [5, 5.41) is 3.94. The van der Waals surface area contributed by atoms with E-state index in [2.05, 4.69) is 11.4 Å². The molecule has 1 fully saturated rings. The van der Waals surface area contributed by atoms with Gasteiger partial charge in [0.05, 0.1) is 16.6 Å². The number of benzene rings is 1. The number of fused-ring (bicyclic) bond motifs is 3. The van der Waals surface area contributed by atoms with Gasteiger partial charge in [0.15, 0.2) is 0 Å². The highest BCUT2D eigenvalue weighted by molar-refractivity contribution is 6.34. The molecule has 2 aliphatic heterocycles. The molecule has 0 aromatic heterocycles. The second-order valence-electron chi connectivity index (χ2n) is 4.96. The number of amides is 1. The van der Waals surface area contributed by atoms with E-state index in [-0.39, 0.29) is 24.4 Å². The van der Waals surface area contributed by atoms with Crippen molar-refractivity contribution in [3.05, 3.63) is 33.8 Å². The van der Waals surface area contributed by atoms with E-state index in [1.807, 2.05) is 24.9 Å². The van der Waals surface area contributed by atoms with Crippen LogP contribution in [0.5, 0.6) is 0 Å². The Labute approximate surface area is 118 Å². The molecule has 2 aliphatic rings. The second kappa shape index (κ2) is 4.72. The molecule has 98 valence electrons. The Hall–Kier alpha value is -0.770. The summed E-state index contributed by atoms with van der Waals surface area (Å²) in [7, 11) is 1.87. The average molecular weight is 287 g/mol. The smallest absolute Gasteiger partial charge is 0.255 e. The molecule has 3 rings (SSSR count). The van der Waals surface area contributed by atoms with Crippen molar-refractivity contribution in [3.8, 4) is 0 Å². The van der Waals surface area contributed by atoms with Crippen LogP contribution in [0.15, 0.2) is 12.1 Å². The van der Waals surface area contributed by atoms with Crippen LogP contribution in [0, 0.1) is 6.92 Å². The molecule has 1 aromatic rings. The van der Waals surface area contributed by atoms with Crippen LogP contribution >= 0.6 is 24.0 Å². The number of halogens is 2. The number of carbonyl (C=O) groups is 1. The van der Waals surface area contributed by atoms with Gasteiger partial charge in [-0.25, -0.2) is 0 Å². The summed E-state index contributed by atoms with van der Waals surface area (Å²) < 4.78 is 0. The molecule has 1 N–H and O–H groups in total. The zero-order valence-corrected chi connectivity index (χ0v) is 11.9. The van der Waals surface area contributed by atoms with Gasteiger partial charge in [-0.2, -0.15) is 0 Å². The number of hydrogen-bond donors (Lipinski definition) is 1. The van der Waals surface area contributed by atoms with Gasteiger partial charge in [-0.1, -0.05) is 17.7 Å². The molecule has 2 heterocycles. The van der Waals surface area contributed by atoms with Gasteiger partial charge in [0.2, 0.25) is 0 Å². The topological polar surface area (TPSA) is 32.3 Å². The van der Waals surface area contributed by atoms with Crippen molar-refractivity contribution in [3.63, 3.8) is 0 Å². The zero-order valence-electron chi connectivity index (χ0n) is 10.4. The van der Waals surface area contributed by atoms with Crippen molar-refractivity contribution in [1.29, 1.82) is 0 Å². The number of nitrogens with zero attached hydrogens (tertiary/aromatic N) is 1. The Balaban J connectivity index is 0.00000120. The third kappa shape index (κ3) is 1.81. The minimum atomic E-state index is 0. The van der Waals surface area contributed by atoms with E-state index in [1.54, 1.807) is 0 Å². The van der Waals surface area contributed by atoms with E-state index in [0.717, 1.165) is 24.2 Å². The average Bonchev–Trinajstić information content (AvgIpc) is 2.74. The second-order valence-corrected chi connectivity index (χ2v) is 5.37. The summed E-state index contributed by atoms with van der Waals surface area (Å²) in [6.45, 7) is 3.82. The van der Waals surface area contributed by atoms with Gasteiger partial charge in [0, 0.05) is 26.1 Å². The number of likely N-dealkylation sites (N-methyl/N-ethyl adjacent to an activating group) is 1. The molecular weight excluding hydrogens is 271 g/mol. The van der Waals surface area contributed by atoms with Gasteiger partial charge in [-0.3, -0.25) is 4.79 Å². The monoisotopic (exact) mass is 286 g/mol. The Bertz CT molecular complexity index is 504. The van der Waals surface area contributed by atoms with Crippen LogP contribution < -0.4 is 5.32 Å². The van der Waals surface area contributed by atoms with Crippen LogP contribution in [-0.4, -0.2) is 37.0 Å². The van der Waals surface area contributed by atoms with Crippen LogP contribution in [0.1, 0.15) is 27.4 Å². The van der Waals surface area contributed by atoms with Crippen molar-refractivity contribution < 1.29 is 4.79 Å². The third-order valence-corrected chi connectivity index (χ3v) is 4.18. The van der Waals surface area contributed by atoms with E-state index >= 15 is 0 Å². The van der Waals surface area contributed by atoms with E-state index in [0.29, 0.717) is 16.5 Å². The fraction of sp³-hybridized carbons (Fsp3) is 0.462. The van der Waals surface area contributed by atoms with Gasteiger partial charge in [-0.15, -0.1) is 12.4 Å². The van der Waals surface area contributed by atoms with Gasteiger partial charge < -0.3 is 10.2 Å². The molecule has 0 spiro atoms. The molecule has 1 aromatic carbocycles. The largest absolute Gasteiger partial charge is 0.337 e. The van der Waals surface area contributed by atoms with Crippen molar-refractivity contribution in [2.75, 3.05) is 20.1 Å². The molecule has 1 amide bonds. The van der Waals surface area contributed by atoms with E-state index < -0.39 is 0 Å². The Morgan fingerprint density at radius 1 is 1.39 bits per heavy atom. The van der Waals surface area contributed by atoms with E-state index in [4.69, 9.17) is 11.6 Å². The molecule has 3 nitrogen and oxygen atoms in total. The van der Waals surface area contributed by atoms with Crippen molar-refractivity contribution >= 4 is 29.9 Å². The molecule has 0 saturated carbocycles. The summed E-state index contributed by atoms with van der Waals surface area (Å²) >= 11 is 6.23. The fourth-order valence-corrected chi connectivity index (χ4v) is 3.37. The predicted molar refractivity (Wildman–Crippen MR) is 74.9 cm³/mol. The summed E-state index contributed by atoms with van der Waals surface area (Å²) in [6, 6.07) is 4.25. The highest BCUT2D eigenvalue weighted by atomic mass is 35.5. The maximum absolute atomic E-state index is 12.3. The minimum Gasteiger partial charge on any atom is -0.337 e. The van der Waals surface area contributed by atoms with Gasteiger partial charge in [0.25, 0.3) is 5.91 Å². The van der Waals surface area contributed by atoms with Crippen molar-refractivity contribution in [1.82, 2.24) is 10.2 Å². The van der Waals surface area contributed by atoms with E-state index in [9.17, 15) is 4.79 Å². The summed E-state index contributed by atoms with van der Waals surface area (Å²) in [5.74, 6) is 0.431. The van der Waals surface area contributed by atoms with Crippen LogP contribution in [0.2, 0.25) is 5.02 Å².